The summed E-state index contributed by atoms with van der Waals surface area (Å²) in [4.78, 5) is 12.5. The topological polar surface area (TPSA) is 96.3 Å². The van der Waals surface area contributed by atoms with Gasteiger partial charge in [-0.3, -0.25) is 4.72 Å². The Morgan fingerprint density at radius 3 is 2.58 bits per heavy atom. The maximum atomic E-state index is 13.6. The van der Waals surface area contributed by atoms with Gasteiger partial charge in [0, 0.05) is 10.4 Å². The molecule has 9 heteroatoms. The number of esters is 1. The van der Waals surface area contributed by atoms with Crippen LogP contribution in [0.4, 0.5) is 10.1 Å². The summed E-state index contributed by atoms with van der Waals surface area (Å²) in [6, 6.07) is 13.8. The molecule has 1 aromatic heterocycles. The van der Waals surface area contributed by atoms with E-state index in [0.717, 1.165) is 24.2 Å². The quantitative estimate of drug-likeness (QED) is 0.533. The maximum Gasteiger partial charge on any atom is 0.337 e. The molecule has 1 heterocycles. The van der Waals surface area contributed by atoms with Crippen molar-refractivity contribution in [1.82, 2.24) is 0 Å². The van der Waals surface area contributed by atoms with E-state index in [4.69, 9.17) is 4.74 Å². The Morgan fingerprint density at radius 2 is 1.97 bits per heavy atom. The van der Waals surface area contributed by atoms with Crippen LogP contribution in [-0.4, -0.2) is 21.5 Å². The number of methoxy groups -OCH3 is 1. The average molecular weight is 457 g/mol. The molecule has 6 nitrogen and oxygen atoms in total. The summed E-state index contributed by atoms with van der Waals surface area (Å²) in [7, 11) is -2.89. The van der Waals surface area contributed by atoms with E-state index in [0.29, 0.717) is 16.0 Å². The van der Waals surface area contributed by atoms with Crippen LogP contribution in [-0.2, 0) is 14.8 Å². The van der Waals surface area contributed by atoms with Crippen molar-refractivity contribution in [2.75, 3.05) is 11.8 Å². The lowest BCUT2D eigenvalue weighted by Gasteiger charge is -2.15. The number of sulfonamides is 1. The van der Waals surface area contributed by atoms with Gasteiger partial charge in [0.05, 0.1) is 34.9 Å². The van der Waals surface area contributed by atoms with E-state index in [9.17, 15) is 22.9 Å². The fraction of sp³-hybridized carbons (Fsp3) is 0.182. The Balaban J connectivity index is 1.81. The average Bonchev–Trinajstić information content (AvgIpc) is 3.53. The van der Waals surface area contributed by atoms with Crippen LogP contribution in [0.25, 0.3) is 10.4 Å². The van der Waals surface area contributed by atoms with Gasteiger partial charge in [-0.05, 0) is 60.7 Å². The van der Waals surface area contributed by atoms with Crippen LogP contribution in [0.3, 0.4) is 0 Å². The number of nitrogens with one attached hydrogen (secondary N) is 1. The molecule has 1 N–H and O–H groups in total. The van der Waals surface area contributed by atoms with Gasteiger partial charge < -0.3 is 4.74 Å². The minimum atomic E-state index is -4.12. The summed E-state index contributed by atoms with van der Waals surface area (Å²) in [5.41, 5.74) is 1.61. The minimum absolute atomic E-state index is 0.0106. The van der Waals surface area contributed by atoms with E-state index in [2.05, 4.69) is 4.72 Å². The molecule has 1 aliphatic carbocycles. The zero-order valence-corrected chi connectivity index (χ0v) is 18.0. The summed E-state index contributed by atoms with van der Waals surface area (Å²) in [6.45, 7) is 0. The summed E-state index contributed by atoms with van der Waals surface area (Å²) >= 11 is 0.872. The van der Waals surface area contributed by atoms with Gasteiger partial charge in [0.25, 0.3) is 10.0 Å². The molecule has 31 heavy (non-hydrogen) atoms. The summed E-state index contributed by atoms with van der Waals surface area (Å²) in [6.07, 6.45) is 1.73. The number of nitriles is 1. The molecule has 1 aliphatic rings. The largest absolute Gasteiger partial charge is 0.465 e. The number of nitrogens with zero attached hydrogens (tertiary/aromatic N) is 1. The van der Waals surface area contributed by atoms with Gasteiger partial charge in [-0.25, -0.2) is 13.2 Å². The normalized spacial score (nSPS) is 13.5. The van der Waals surface area contributed by atoms with Crippen LogP contribution in [0.5, 0.6) is 0 Å². The highest BCUT2D eigenvalue weighted by atomic mass is 32.2. The van der Waals surface area contributed by atoms with Crippen molar-refractivity contribution in [3.63, 3.8) is 0 Å². The van der Waals surface area contributed by atoms with Crippen LogP contribution >= 0.6 is 11.3 Å². The van der Waals surface area contributed by atoms with Crippen LogP contribution in [0.15, 0.2) is 53.4 Å². The third-order valence-electron chi connectivity index (χ3n) is 4.97. The molecular weight excluding hydrogens is 439 g/mol. The third-order valence-corrected chi connectivity index (χ3v) is 7.30. The molecule has 0 bridgehead atoms. The first-order valence-electron chi connectivity index (χ1n) is 9.37. The maximum absolute atomic E-state index is 13.6. The van der Waals surface area contributed by atoms with Crippen molar-refractivity contribution in [3.05, 3.63) is 70.4 Å². The Morgan fingerprint density at radius 1 is 1.19 bits per heavy atom. The third kappa shape index (κ3) is 4.31. The zero-order valence-electron chi connectivity index (χ0n) is 16.4. The van der Waals surface area contributed by atoms with Crippen molar-refractivity contribution in [3.8, 4) is 16.5 Å². The minimum Gasteiger partial charge on any atom is -0.465 e. The Bertz CT molecular complexity index is 1320. The zero-order chi connectivity index (χ0) is 22.2. The molecule has 0 aliphatic heterocycles. The van der Waals surface area contributed by atoms with Gasteiger partial charge in [-0.15, -0.1) is 11.3 Å². The standard InChI is InChI=1S/C22H17FN2O4S2/c1-29-22(26)15-5-7-16(14-3-4-14)20(11-15)31(27,28)25-18-10-13(12-24)2-6-17(18)19-8-9-21(23)30-19/h2,5-11,14,25H,3-4H2,1H3. The number of carbonyl (C=O) groups is 1. The summed E-state index contributed by atoms with van der Waals surface area (Å²) in [5, 5.41) is 8.85. The molecule has 0 unspecified atom stereocenters. The number of thiophene rings is 1. The number of halogens is 1. The fourth-order valence-corrected chi connectivity index (χ4v) is 5.48. The number of benzene rings is 2. The van der Waals surface area contributed by atoms with Crippen LogP contribution in [0, 0.1) is 16.5 Å². The molecule has 1 saturated carbocycles. The molecule has 0 radical (unpaired) electrons. The molecule has 2 aromatic carbocycles. The second-order valence-corrected chi connectivity index (χ2v) is 9.78. The molecule has 0 amide bonds. The van der Waals surface area contributed by atoms with Crippen molar-refractivity contribution in [2.45, 2.75) is 23.7 Å². The molecule has 158 valence electrons. The second-order valence-electron chi connectivity index (χ2n) is 7.10. The SMILES string of the molecule is COC(=O)c1ccc(C2CC2)c(S(=O)(=O)Nc2cc(C#N)ccc2-c2ccc(F)s2)c1. The Hall–Kier alpha value is -3.22. The van der Waals surface area contributed by atoms with Crippen LogP contribution < -0.4 is 4.72 Å². The van der Waals surface area contributed by atoms with Gasteiger partial charge >= 0.3 is 5.97 Å². The van der Waals surface area contributed by atoms with E-state index in [1.807, 2.05) is 6.07 Å². The van der Waals surface area contributed by atoms with Crippen LogP contribution in [0.1, 0.15) is 40.2 Å². The number of carbonyl (C=O) groups excluding carboxylic acids is 1. The summed E-state index contributed by atoms with van der Waals surface area (Å²) in [5.74, 6) is -0.533. The van der Waals surface area contributed by atoms with Gasteiger partial charge in [0.2, 0.25) is 0 Å². The first kappa shape index (κ1) is 21.0. The lowest BCUT2D eigenvalue weighted by atomic mass is 10.1. The first-order valence-corrected chi connectivity index (χ1v) is 11.7. The highest BCUT2D eigenvalue weighted by molar-refractivity contribution is 7.92. The highest BCUT2D eigenvalue weighted by Gasteiger charge is 2.32. The Labute approximate surface area is 183 Å². The first-order chi connectivity index (χ1) is 14.8. The van der Waals surface area contributed by atoms with Gasteiger partial charge in [-0.2, -0.15) is 9.65 Å². The van der Waals surface area contributed by atoms with Crippen molar-refractivity contribution >= 4 is 33.0 Å². The van der Waals surface area contributed by atoms with Gasteiger partial charge in [-0.1, -0.05) is 12.1 Å². The molecule has 3 aromatic rings. The Kier molecular flexibility index (Phi) is 5.52. The smallest absolute Gasteiger partial charge is 0.337 e. The number of ether oxygens (including phenoxy) is 1. The molecule has 4 rings (SSSR count). The van der Waals surface area contributed by atoms with E-state index in [-0.39, 0.29) is 27.6 Å². The second kappa shape index (κ2) is 8.13. The number of anilines is 1. The van der Waals surface area contributed by atoms with Gasteiger partial charge in [0.15, 0.2) is 5.13 Å². The van der Waals surface area contributed by atoms with E-state index in [1.54, 1.807) is 24.3 Å². The van der Waals surface area contributed by atoms with E-state index in [1.165, 1.54) is 31.4 Å². The van der Waals surface area contributed by atoms with E-state index < -0.39 is 21.1 Å². The molecule has 0 spiro atoms. The molecule has 0 atom stereocenters. The molecule has 0 saturated heterocycles. The number of hydrogen-bond donors (Lipinski definition) is 1. The predicted molar refractivity (Wildman–Crippen MR) is 115 cm³/mol. The van der Waals surface area contributed by atoms with Crippen molar-refractivity contribution in [1.29, 1.82) is 5.26 Å². The molecule has 1 fully saturated rings. The van der Waals surface area contributed by atoms with Crippen molar-refractivity contribution < 1.29 is 22.3 Å². The van der Waals surface area contributed by atoms with Crippen LogP contribution in [0.2, 0.25) is 0 Å². The highest BCUT2D eigenvalue weighted by Crippen LogP contribution is 2.44. The lowest BCUT2D eigenvalue weighted by Crippen LogP contribution is -2.17. The van der Waals surface area contributed by atoms with Gasteiger partial charge in [0.1, 0.15) is 0 Å². The predicted octanol–water partition coefficient (Wildman–Crippen LogP) is 4.89. The molecular formula is C22H17FN2O4S2. The fourth-order valence-electron chi connectivity index (χ4n) is 3.32. The lowest BCUT2D eigenvalue weighted by molar-refractivity contribution is 0.0600. The van der Waals surface area contributed by atoms with Crippen molar-refractivity contribution in [2.24, 2.45) is 0 Å². The monoisotopic (exact) mass is 456 g/mol. The summed E-state index contributed by atoms with van der Waals surface area (Å²) < 4.78 is 47.6. The van der Waals surface area contributed by atoms with E-state index >= 15 is 0 Å². The number of hydrogen-bond acceptors (Lipinski definition) is 6. The number of rotatable bonds is 6.